The van der Waals surface area contributed by atoms with E-state index in [1.807, 2.05) is 20.8 Å². The van der Waals surface area contributed by atoms with Gasteiger partial charge in [-0.1, -0.05) is 18.2 Å². The average molecular weight is 341 g/mol. The minimum Gasteiger partial charge on any atom is -0.497 e. The zero-order valence-corrected chi connectivity index (χ0v) is 14.9. The number of methoxy groups -OCH3 is 1. The maximum absolute atomic E-state index is 12.9. The van der Waals surface area contributed by atoms with Crippen molar-refractivity contribution in [2.75, 3.05) is 12.8 Å². The molecule has 0 fully saturated rings. The van der Waals surface area contributed by atoms with Gasteiger partial charge in [-0.15, -0.1) is 0 Å². The Bertz CT molecular complexity index is 781. The van der Waals surface area contributed by atoms with Gasteiger partial charge in [-0.25, -0.2) is 5.01 Å². The van der Waals surface area contributed by atoms with E-state index in [2.05, 4.69) is 5.43 Å². The molecule has 0 atom stereocenters. The first-order valence-corrected chi connectivity index (χ1v) is 7.88. The number of nitrogens with one attached hydrogen (secondary N) is 1. The number of hydrogen-bond donors (Lipinski definition) is 2. The highest BCUT2D eigenvalue weighted by molar-refractivity contribution is 6.02. The quantitative estimate of drug-likeness (QED) is 0.664. The lowest BCUT2D eigenvalue weighted by Gasteiger charge is -2.35. The number of benzene rings is 2. The third kappa shape index (κ3) is 4.29. The second-order valence-corrected chi connectivity index (χ2v) is 6.57. The first-order chi connectivity index (χ1) is 11.7. The summed E-state index contributed by atoms with van der Waals surface area (Å²) in [4.78, 5) is 25.5. The van der Waals surface area contributed by atoms with Crippen LogP contribution in [0.3, 0.4) is 0 Å². The van der Waals surface area contributed by atoms with Gasteiger partial charge in [0.1, 0.15) is 5.75 Å². The van der Waals surface area contributed by atoms with Crippen LogP contribution in [-0.2, 0) is 0 Å². The van der Waals surface area contributed by atoms with Crippen molar-refractivity contribution in [2.45, 2.75) is 26.3 Å². The van der Waals surface area contributed by atoms with Crippen molar-refractivity contribution in [3.05, 3.63) is 59.7 Å². The molecule has 0 bridgehead atoms. The molecular formula is C19H23N3O3. The summed E-state index contributed by atoms with van der Waals surface area (Å²) in [5, 5.41) is 1.29. The summed E-state index contributed by atoms with van der Waals surface area (Å²) in [6.07, 6.45) is 0. The van der Waals surface area contributed by atoms with Crippen LogP contribution in [0.25, 0.3) is 0 Å². The lowest BCUT2D eigenvalue weighted by Crippen LogP contribution is -2.56. The zero-order chi connectivity index (χ0) is 18.6. The molecule has 0 radical (unpaired) electrons. The average Bonchev–Trinajstić information content (AvgIpc) is 2.58. The number of carbonyl (C=O) groups is 2. The number of hydrazine groups is 1. The van der Waals surface area contributed by atoms with Crippen LogP contribution < -0.4 is 15.9 Å². The van der Waals surface area contributed by atoms with E-state index in [4.69, 9.17) is 10.5 Å². The number of para-hydroxylation sites is 1. The molecule has 0 aliphatic carbocycles. The lowest BCUT2D eigenvalue weighted by atomic mass is 10.1. The zero-order valence-electron chi connectivity index (χ0n) is 14.9. The molecule has 0 saturated carbocycles. The highest BCUT2D eigenvalue weighted by Gasteiger charge is 2.30. The van der Waals surface area contributed by atoms with Crippen molar-refractivity contribution < 1.29 is 14.3 Å². The number of carbonyl (C=O) groups excluding carboxylic acids is 2. The fourth-order valence-electron chi connectivity index (χ4n) is 2.27. The minimum atomic E-state index is -0.645. The number of rotatable bonds is 3. The van der Waals surface area contributed by atoms with E-state index in [-0.39, 0.29) is 5.91 Å². The van der Waals surface area contributed by atoms with Crippen molar-refractivity contribution in [1.29, 1.82) is 0 Å². The van der Waals surface area contributed by atoms with Crippen molar-refractivity contribution in [3.8, 4) is 5.75 Å². The first-order valence-electron chi connectivity index (χ1n) is 7.88. The Morgan fingerprint density at radius 3 is 2.36 bits per heavy atom. The van der Waals surface area contributed by atoms with E-state index in [1.54, 1.807) is 48.5 Å². The van der Waals surface area contributed by atoms with Crippen LogP contribution in [0.4, 0.5) is 5.69 Å². The van der Waals surface area contributed by atoms with Crippen molar-refractivity contribution in [1.82, 2.24) is 10.4 Å². The SMILES string of the molecule is COc1cccc(C(=O)NN(C(=O)c2ccccc2N)C(C)(C)C)c1. The van der Waals surface area contributed by atoms with E-state index in [9.17, 15) is 9.59 Å². The van der Waals surface area contributed by atoms with E-state index in [0.29, 0.717) is 22.6 Å². The molecule has 132 valence electrons. The fourth-order valence-corrected chi connectivity index (χ4v) is 2.27. The van der Waals surface area contributed by atoms with E-state index < -0.39 is 11.4 Å². The van der Waals surface area contributed by atoms with Crippen LogP contribution in [0.15, 0.2) is 48.5 Å². The second-order valence-electron chi connectivity index (χ2n) is 6.57. The number of anilines is 1. The van der Waals surface area contributed by atoms with E-state index in [1.165, 1.54) is 12.1 Å². The van der Waals surface area contributed by atoms with Crippen LogP contribution in [0.1, 0.15) is 41.5 Å². The minimum absolute atomic E-state index is 0.336. The predicted octanol–water partition coefficient (Wildman–Crippen LogP) is 2.86. The summed E-state index contributed by atoms with van der Waals surface area (Å²) >= 11 is 0. The summed E-state index contributed by atoms with van der Waals surface area (Å²) in [5.74, 6) is -0.216. The van der Waals surface area contributed by atoms with Gasteiger partial charge in [0.05, 0.1) is 18.2 Å². The fraction of sp³-hybridized carbons (Fsp3) is 0.263. The molecule has 6 nitrogen and oxygen atoms in total. The predicted molar refractivity (Wildman–Crippen MR) is 97.2 cm³/mol. The lowest BCUT2D eigenvalue weighted by molar-refractivity contribution is 0.0359. The second kappa shape index (κ2) is 7.25. The highest BCUT2D eigenvalue weighted by atomic mass is 16.5. The molecule has 0 aliphatic rings. The smallest absolute Gasteiger partial charge is 0.274 e. The molecule has 0 spiro atoms. The van der Waals surface area contributed by atoms with Gasteiger partial charge in [0, 0.05) is 11.3 Å². The Labute approximate surface area is 147 Å². The Kier molecular flexibility index (Phi) is 5.32. The molecule has 0 heterocycles. The van der Waals surface area contributed by atoms with Crippen LogP contribution in [-0.4, -0.2) is 29.5 Å². The summed E-state index contributed by atoms with van der Waals surface area (Å²) in [5.41, 5.74) is 9.03. The van der Waals surface area contributed by atoms with Crippen molar-refractivity contribution in [3.63, 3.8) is 0 Å². The number of nitrogens with two attached hydrogens (primary N) is 1. The van der Waals surface area contributed by atoms with Crippen molar-refractivity contribution in [2.24, 2.45) is 0 Å². The van der Waals surface area contributed by atoms with E-state index in [0.717, 1.165) is 0 Å². The largest absolute Gasteiger partial charge is 0.497 e. The summed E-state index contributed by atoms with van der Waals surface area (Å²) < 4.78 is 5.13. The molecule has 6 heteroatoms. The third-order valence-electron chi connectivity index (χ3n) is 3.61. The summed E-state index contributed by atoms with van der Waals surface area (Å²) in [7, 11) is 1.53. The molecule has 2 rings (SSSR count). The van der Waals surface area contributed by atoms with Crippen LogP contribution in [0.5, 0.6) is 5.75 Å². The molecular weight excluding hydrogens is 318 g/mol. The molecule has 0 aliphatic heterocycles. The van der Waals surface area contributed by atoms with Gasteiger partial charge < -0.3 is 10.5 Å². The van der Waals surface area contributed by atoms with Crippen LogP contribution in [0, 0.1) is 0 Å². The maximum Gasteiger partial charge on any atom is 0.274 e. The van der Waals surface area contributed by atoms with Gasteiger partial charge in [-0.05, 0) is 51.1 Å². The molecule has 0 aromatic heterocycles. The summed E-state index contributed by atoms with van der Waals surface area (Å²) in [6.45, 7) is 5.49. The summed E-state index contributed by atoms with van der Waals surface area (Å²) in [6, 6.07) is 13.5. The number of hydrogen-bond acceptors (Lipinski definition) is 4. The molecule has 2 aromatic rings. The van der Waals surface area contributed by atoms with E-state index >= 15 is 0 Å². The third-order valence-corrected chi connectivity index (χ3v) is 3.61. The molecule has 25 heavy (non-hydrogen) atoms. The topological polar surface area (TPSA) is 84.7 Å². The van der Waals surface area contributed by atoms with Gasteiger partial charge in [0.2, 0.25) is 0 Å². The number of amides is 2. The maximum atomic E-state index is 12.9. The standard InChI is InChI=1S/C19H23N3O3/c1-19(2,3)22(18(24)15-10-5-6-11-16(15)20)21-17(23)13-8-7-9-14(12-13)25-4/h5-12H,20H2,1-4H3,(H,21,23). The molecule has 3 N–H and O–H groups in total. The normalized spacial score (nSPS) is 10.9. The molecule has 2 amide bonds. The van der Waals surface area contributed by atoms with Gasteiger partial charge >= 0.3 is 0 Å². The Morgan fingerprint density at radius 2 is 1.76 bits per heavy atom. The molecule has 0 unspecified atom stereocenters. The van der Waals surface area contributed by atoms with Crippen LogP contribution >= 0.6 is 0 Å². The van der Waals surface area contributed by atoms with Gasteiger partial charge in [0.25, 0.3) is 11.8 Å². The van der Waals surface area contributed by atoms with Gasteiger partial charge in [-0.2, -0.15) is 0 Å². The van der Waals surface area contributed by atoms with Crippen molar-refractivity contribution >= 4 is 17.5 Å². The number of nitrogens with zero attached hydrogens (tertiary/aromatic N) is 1. The molecule has 2 aromatic carbocycles. The monoisotopic (exact) mass is 341 g/mol. The van der Waals surface area contributed by atoms with Gasteiger partial charge in [-0.3, -0.25) is 15.0 Å². The Balaban J connectivity index is 2.31. The highest BCUT2D eigenvalue weighted by Crippen LogP contribution is 2.20. The Hall–Kier alpha value is -3.02. The Morgan fingerprint density at radius 1 is 1.08 bits per heavy atom. The number of ether oxygens (including phenoxy) is 1. The number of nitrogen functional groups attached to an aromatic ring is 1. The van der Waals surface area contributed by atoms with Crippen LogP contribution in [0.2, 0.25) is 0 Å². The molecule has 0 saturated heterocycles. The first kappa shape index (κ1) is 18.3. The van der Waals surface area contributed by atoms with Gasteiger partial charge in [0.15, 0.2) is 0 Å².